The average molecular weight is 367 g/mol. The number of piperazine rings is 1. The van der Waals surface area contributed by atoms with Crippen molar-refractivity contribution < 1.29 is 13.2 Å². The summed E-state index contributed by atoms with van der Waals surface area (Å²) in [6, 6.07) is 3.82. The van der Waals surface area contributed by atoms with Gasteiger partial charge in [-0.05, 0) is 38.3 Å². The van der Waals surface area contributed by atoms with Gasteiger partial charge in [-0.25, -0.2) is 8.42 Å². The van der Waals surface area contributed by atoms with Crippen LogP contribution < -0.4 is 0 Å². The van der Waals surface area contributed by atoms with Crippen molar-refractivity contribution in [3.05, 3.63) is 28.8 Å². The van der Waals surface area contributed by atoms with Gasteiger partial charge >= 0.3 is 0 Å². The van der Waals surface area contributed by atoms with Crippen molar-refractivity contribution in [2.45, 2.75) is 52.4 Å². The van der Waals surface area contributed by atoms with E-state index in [4.69, 9.17) is 0 Å². The third kappa shape index (κ3) is 4.23. The van der Waals surface area contributed by atoms with Crippen LogP contribution in [0.1, 0.15) is 43.4 Å². The predicted octanol–water partition coefficient (Wildman–Crippen LogP) is 2.88. The Morgan fingerprint density at radius 3 is 2.08 bits per heavy atom. The van der Waals surface area contributed by atoms with Crippen molar-refractivity contribution in [2.75, 3.05) is 26.2 Å². The molecule has 0 aliphatic carbocycles. The van der Waals surface area contributed by atoms with Gasteiger partial charge in [-0.1, -0.05) is 38.0 Å². The molecule has 1 fully saturated rings. The highest BCUT2D eigenvalue weighted by Crippen LogP contribution is 2.26. The van der Waals surface area contributed by atoms with Crippen LogP contribution in [-0.4, -0.2) is 49.7 Å². The molecular weight excluding hydrogens is 336 g/mol. The van der Waals surface area contributed by atoms with Gasteiger partial charge in [-0.2, -0.15) is 4.31 Å². The van der Waals surface area contributed by atoms with E-state index in [2.05, 4.69) is 6.92 Å². The van der Waals surface area contributed by atoms with Crippen LogP contribution in [0.15, 0.2) is 17.0 Å². The number of sulfonamides is 1. The molecule has 140 valence electrons. The SMILES string of the molecule is CCC[C@@H](C)C(=O)N1CCN(S(=O)(=O)c2c(C)cc(C)cc2C)CC1. The van der Waals surface area contributed by atoms with E-state index in [0.717, 1.165) is 29.5 Å². The molecule has 1 aliphatic rings. The van der Waals surface area contributed by atoms with Crippen molar-refractivity contribution in [3.8, 4) is 0 Å². The zero-order valence-electron chi connectivity index (χ0n) is 16.0. The van der Waals surface area contributed by atoms with Gasteiger partial charge in [0.1, 0.15) is 0 Å². The number of hydrogen-bond donors (Lipinski definition) is 0. The summed E-state index contributed by atoms with van der Waals surface area (Å²) < 4.78 is 27.7. The monoisotopic (exact) mass is 366 g/mol. The molecule has 0 bridgehead atoms. The first kappa shape index (κ1) is 19.9. The molecule has 1 aromatic carbocycles. The second-order valence-electron chi connectivity index (χ2n) is 7.15. The second-order valence-corrected chi connectivity index (χ2v) is 9.02. The van der Waals surface area contributed by atoms with Gasteiger partial charge in [0.25, 0.3) is 0 Å². The van der Waals surface area contributed by atoms with Crippen LogP contribution in [0.3, 0.4) is 0 Å². The fourth-order valence-corrected chi connectivity index (χ4v) is 5.55. The molecule has 0 radical (unpaired) electrons. The lowest BCUT2D eigenvalue weighted by molar-refractivity contribution is -0.136. The number of carbonyl (C=O) groups excluding carboxylic acids is 1. The average Bonchev–Trinajstić information content (AvgIpc) is 2.53. The minimum Gasteiger partial charge on any atom is -0.340 e. The lowest BCUT2D eigenvalue weighted by Gasteiger charge is -2.35. The molecule has 25 heavy (non-hydrogen) atoms. The van der Waals surface area contributed by atoms with Crippen molar-refractivity contribution in [1.29, 1.82) is 0 Å². The Labute approximate surface area is 152 Å². The van der Waals surface area contributed by atoms with E-state index in [1.165, 1.54) is 4.31 Å². The van der Waals surface area contributed by atoms with Crippen LogP contribution in [0, 0.1) is 26.7 Å². The molecule has 1 amide bonds. The molecule has 1 aromatic rings. The molecule has 0 N–H and O–H groups in total. The van der Waals surface area contributed by atoms with Gasteiger partial charge < -0.3 is 4.90 Å². The van der Waals surface area contributed by atoms with Gasteiger partial charge in [-0.3, -0.25) is 4.79 Å². The Balaban J connectivity index is 2.14. The minimum absolute atomic E-state index is 0.00902. The maximum atomic E-state index is 13.1. The Kier molecular flexibility index (Phi) is 6.27. The molecule has 0 spiro atoms. The van der Waals surface area contributed by atoms with Crippen molar-refractivity contribution in [3.63, 3.8) is 0 Å². The lowest BCUT2D eigenvalue weighted by atomic mass is 10.0. The quantitative estimate of drug-likeness (QED) is 0.805. The Hall–Kier alpha value is -1.40. The van der Waals surface area contributed by atoms with E-state index in [1.54, 1.807) is 4.90 Å². The molecule has 1 saturated heterocycles. The number of rotatable bonds is 5. The number of aryl methyl sites for hydroxylation is 3. The van der Waals surface area contributed by atoms with Crippen molar-refractivity contribution in [2.24, 2.45) is 5.92 Å². The van der Waals surface area contributed by atoms with Gasteiger partial charge in [-0.15, -0.1) is 0 Å². The van der Waals surface area contributed by atoms with Crippen LogP contribution in [-0.2, 0) is 14.8 Å². The maximum absolute atomic E-state index is 13.1. The van der Waals surface area contributed by atoms with E-state index < -0.39 is 10.0 Å². The van der Waals surface area contributed by atoms with Gasteiger partial charge in [0, 0.05) is 32.1 Å². The van der Waals surface area contributed by atoms with Gasteiger partial charge in [0.2, 0.25) is 15.9 Å². The standard InChI is InChI=1S/C19H30N2O3S/c1-6-7-15(3)19(22)20-8-10-21(11-9-20)25(23,24)18-16(4)12-14(2)13-17(18)5/h12-13,15H,6-11H2,1-5H3/t15-/m1/s1. The molecule has 1 aliphatic heterocycles. The molecule has 1 atom stereocenters. The smallest absolute Gasteiger partial charge is 0.243 e. The Morgan fingerprint density at radius 2 is 1.60 bits per heavy atom. The summed E-state index contributed by atoms with van der Waals surface area (Å²) in [5, 5.41) is 0. The summed E-state index contributed by atoms with van der Waals surface area (Å²) in [4.78, 5) is 14.6. The summed E-state index contributed by atoms with van der Waals surface area (Å²) in [6.45, 7) is 11.3. The highest BCUT2D eigenvalue weighted by molar-refractivity contribution is 7.89. The van der Waals surface area contributed by atoms with Gasteiger partial charge in [0.05, 0.1) is 4.90 Å². The summed E-state index contributed by atoms with van der Waals surface area (Å²) in [5.41, 5.74) is 2.63. The molecule has 2 rings (SSSR count). The van der Waals surface area contributed by atoms with E-state index in [1.807, 2.05) is 39.8 Å². The molecular formula is C19H30N2O3S. The fraction of sp³-hybridized carbons (Fsp3) is 0.632. The lowest BCUT2D eigenvalue weighted by Crippen LogP contribution is -2.51. The van der Waals surface area contributed by atoms with E-state index in [-0.39, 0.29) is 11.8 Å². The van der Waals surface area contributed by atoms with Crippen molar-refractivity contribution >= 4 is 15.9 Å². The Morgan fingerprint density at radius 1 is 1.08 bits per heavy atom. The zero-order chi connectivity index (χ0) is 18.8. The third-order valence-corrected chi connectivity index (χ3v) is 7.10. The first-order valence-corrected chi connectivity index (χ1v) is 10.5. The first-order valence-electron chi connectivity index (χ1n) is 9.05. The minimum atomic E-state index is -3.52. The topological polar surface area (TPSA) is 57.7 Å². The van der Waals surface area contributed by atoms with E-state index >= 15 is 0 Å². The molecule has 0 unspecified atom stereocenters. The maximum Gasteiger partial charge on any atom is 0.243 e. The van der Waals surface area contributed by atoms with Gasteiger partial charge in [0.15, 0.2) is 0 Å². The number of amides is 1. The molecule has 0 aromatic heterocycles. The third-order valence-electron chi connectivity index (χ3n) is 4.90. The number of carbonyl (C=O) groups is 1. The first-order chi connectivity index (χ1) is 11.7. The molecule has 1 heterocycles. The molecule has 0 saturated carbocycles. The Bertz CT molecular complexity index is 712. The van der Waals surface area contributed by atoms with Crippen LogP contribution >= 0.6 is 0 Å². The van der Waals surface area contributed by atoms with Crippen LogP contribution in [0.5, 0.6) is 0 Å². The highest BCUT2D eigenvalue weighted by atomic mass is 32.2. The zero-order valence-corrected chi connectivity index (χ0v) is 16.8. The number of nitrogens with zero attached hydrogens (tertiary/aromatic N) is 2. The second kappa shape index (κ2) is 7.87. The number of benzene rings is 1. The summed E-state index contributed by atoms with van der Waals surface area (Å²) in [7, 11) is -3.52. The predicted molar refractivity (Wildman–Crippen MR) is 100 cm³/mol. The van der Waals surface area contributed by atoms with Crippen molar-refractivity contribution in [1.82, 2.24) is 9.21 Å². The van der Waals surface area contributed by atoms with Crippen LogP contribution in [0.4, 0.5) is 0 Å². The normalized spacial score (nSPS) is 17.6. The fourth-order valence-electron chi connectivity index (χ4n) is 3.72. The van der Waals surface area contributed by atoms with E-state index in [0.29, 0.717) is 31.1 Å². The number of hydrogen-bond acceptors (Lipinski definition) is 3. The molecule has 6 heteroatoms. The summed E-state index contributed by atoms with van der Waals surface area (Å²) >= 11 is 0. The largest absolute Gasteiger partial charge is 0.340 e. The molecule has 5 nitrogen and oxygen atoms in total. The van der Waals surface area contributed by atoms with Crippen LogP contribution in [0.25, 0.3) is 0 Å². The summed E-state index contributed by atoms with van der Waals surface area (Å²) in [6.07, 6.45) is 1.85. The van der Waals surface area contributed by atoms with Crippen LogP contribution in [0.2, 0.25) is 0 Å². The highest BCUT2D eigenvalue weighted by Gasteiger charge is 2.32. The van der Waals surface area contributed by atoms with E-state index in [9.17, 15) is 13.2 Å². The summed E-state index contributed by atoms with van der Waals surface area (Å²) in [5.74, 6) is 0.149.